The van der Waals surface area contributed by atoms with Crippen LogP contribution in [0.3, 0.4) is 0 Å². The van der Waals surface area contributed by atoms with Crippen molar-refractivity contribution in [3.05, 3.63) is 36.2 Å². The fourth-order valence-electron chi connectivity index (χ4n) is 2.20. The van der Waals surface area contributed by atoms with Gasteiger partial charge in [-0.15, -0.1) is 0 Å². The van der Waals surface area contributed by atoms with Gasteiger partial charge in [0.25, 0.3) is 5.91 Å². The summed E-state index contributed by atoms with van der Waals surface area (Å²) in [6, 6.07) is -0.369. The van der Waals surface area contributed by atoms with E-state index in [1.54, 1.807) is 6.92 Å². The molecule has 5 nitrogen and oxygen atoms in total. The van der Waals surface area contributed by atoms with E-state index in [1.165, 1.54) is 23.1 Å². The third-order valence-corrected chi connectivity index (χ3v) is 3.41. The number of aldehydes is 1. The van der Waals surface area contributed by atoms with Crippen LogP contribution >= 0.6 is 0 Å². The number of carbonyl (C=O) groups excluding carboxylic acids is 2. The highest BCUT2D eigenvalue weighted by atomic mass is 19.1. The molecule has 1 fully saturated rings. The molecular weight excluding hydrogens is 277 g/mol. The van der Waals surface area contributed by atoms with Crippen LogP contribution in [0.2, 0.25) is 0 Å². The quantitative estimate of drug-likeness (QED) is 0.563. The number of rotatable bonds is 6. The van der Waals surface area contributed by atoms with Gasteiger partial charge < -0.3 is 19.9 Å². The number of allylic oxidation sites excluding steroid dienone is 3. The van der Waals surface area contributed by atoms with Gasteiger partial charge in [-0.3, -0.25) is 4.79 Å². The van der Waals surface area contributed by atoms with E-state index in [-0.39, 0.29) is 12.3 Å². The second-order valence-corrected chi connectivity index (χ2v) is 4.84. The van der Waals surface area contributed by atoms with Crippen molar-refractivity contribution in [2.75, 3.05) is 6.54 Å². The molecule has 3 unspecified atom stereocenters. The van der Waals surface area contributed by atoms with E-state index in [1.807, 2.05) is 0 Å². The first-order valence-corrected chi connectivity index (χ1v) is 6.73. The fourth-order valence-corrected chi connectivity index (χ4v) is 2.20. The lowest BCUT2D eigenvalue weighted by atomic mass is 10.0. The molecule has 0 aromatic heterocycles. The van der Waals surface area contributed by atoms with Crippen LogP contribution in [0.5, 0.6) is 0 Å². The molecular formula is C15H20FNO4. The van der Waals surface area contributed by atoms with Crippen molar-refractivity contribution >= 4 is 12.2 Å². The Kier molecular flexibility index (Phi) is 6.45. The van der Waals surface area contributed by atoms with Crippen LogP contribution in [0.1, 0.15) is 19.8 Å². The van der Waals surface area contributed by atoms with Crippen molar-refractivity contribution in [1.29, 1.82) is 0 Å². The standard InChI is InChI=1S/C15H20FNO4/c1-3-11(16)7-6-10(2)12-5-4-8-17(12)15(21)14(20)13(19)9-18/h3,6-7,9,12-14,19-20H,2,4-5,8H2,1H3/b7-6-,11-3+. The maximum Gasteiger partial charge on any atom is 0.255 e. The largest absolute Gasteiger partial charge is 0.382 e. The topological polar surface area (TPSA) is 77.8 Å². The first-order chi connectivity index (χ1) is 9.92. The van der Waals surface area contributed by atoms with Gasteiger partial charge in [0, 0.05) is 6.54 Å². The zero-order valence-electron chi connectivity index (χ0n) is 11.9. The van der Waals surface area contributed by atoms with Gasteiger partial charge in [-0.05, 0) is 31.4 Å². The molecule has 0 aromatic carbocycles. The molecule has 1 rings (SSSR count). The number of halogens is 1. The number of hydrogen-bond acceptors (Lipinski definition) is 4. The lowest BCUT2D eigenvalue weighted by molar-refractivity contribution is -0.148. The number of aliphatic hydroxyl groups is 2. The minimum Gasteiger partial charge on any atom is -0.382 e. The van der Waals surface area contributed by atoms with E-state index >= 15 is 0 Å². The molecule has 2 N–H and O–H groups in total. The summed E-state index contributed by atoms with van der Waals surface area (Å²) in [5.41, 5.74) is 0.533. The zero-order chi connectivity index (χ0) is 16.0. The average molecular weight is 297 g/mol. The predicted molar refractivity (Wildman–Crippen MR) is 76.0 cm³/mol. The smallest absolute Gasteiger partial charge is 0.255 e. The number of likely N-dealkylation sites (tertiary alicyclic amines) is 1. The van der Waals surface area contributed by atoms with Crippen LogP contribution in [0, 0.1) is 0 Å². The van der Waals surface area contributed by atoms with Gasteiger partial charge in [0.1, 0.15) is 11.9 Å². The maximum atomic E-state index is 13.1. The summed E-state index contributed by atoms with van der Waals surface area (Å²) in [7, 11) is 0. The van der Waals surface area contributed by atoms with E-state index < -0.39 is 23.9 Å². The van der Waals surface area contributed by atoms with E-state index in [9.17, 15) is 24.2 Å². The first-order valence-electron chi connectivity index (χ1n) is 6.73. The van der Waals surface area contributed by atoms with E-state index in [4.69, 9.17) is 0 Å². The van der Waals surface area contributed by atoms with Crippen LogP contribution in [-0.4, -0.2) is 52.1 Å². The normalized spacial score (nSPS) is 22.4. The fraction of sp³-hybridized carbons (Fsp3) is 0.467. The van der Waals surface area contributed by atoms with Crippen LogP contribution < -0.4 is 0 Å². The molecule has 1 aliphatic heterocycles. The molecule has 1 aliphatic rings. The molecule has 0 bridgehead atoms. The minimum atomic E-state index is -1.79. The van der Waals surface area contributed by atoms with Crippen molar-refractivity contribution in [2.45, 2.75) is 38.0 Å². The average Bonchev–Trinajstić information content (AvgIpc) is 2.99. The highest BCUT2D eigenvalue weighted by Gasteiger charge is 2.35. The molecule has 0 spiro atoms. The maximum absolute atomic E-state index is 13.1. The molecule has 1 amide bonds. The number of carbonyl (C=O) groups is 2. The number of amides is 1. The lowest BCUT2D eigenvalue weighted by Gasteiger charge is -2.28. The third-order valence-electron chi connectivity index (χ3n) is 3.41. The summed E-state index contributed by atoms with van der Waals surface area (Å²) in [5.74, 6) is -1.14. The molecule has 3 atom stereocenters. The second-order valence-electron chi connectivity index (χ2n) is 4.84. The summed E-state index contributed by atoms with van der Waals surface area (Å²) in [6.07, 6.45) is 1.95. The van der Waals surface area contributed by atoms with Crippen LogP contribution in [0.25, 0.3) is 0 Å². The first kappa shape index (κ1) is 17.3. The Morgan fingerprint density at radius 1 is 1.43 bits per heavy atom. The van der Waals surface area contributed by atoms with Crippen LogP contribution in [-0.2, 0) is 9.59 Å². The van der Waals surface area contributed by atoms with Crippen molar-refractivity contribution in [3.63, 3.8) is 0 Å². The molecule has 0 aliphatic carbocycles. The third kappa shape index (κ3) is 4.34. The van der Waals surface area contributed by atoms with Gasteiger partial charge in [-0.1, -0.05) is 18.7 Å². The molecule has 21 heavy (non-hydrogen) atoms. The van der Waals surface area contributed by atoms with Gasteiger partial charge in [0.2, 0.25) is 0 Å². The molecule has 0 saturated carbocycles. The Labute approximate surface area is 123 Å². The van der Waals surface area contributed by atoms with Gasteiger partial charge in [0.15, 0.2) is 12.4 Å². The molecule has 116 valence electrons. The van der Waals surface area contributed by atoms with Crippen LogP contribution in [0.4, 0.5) is 4.39 Å². The molecule has 0 radical (unpaired) electrons. The highest BCUT2D eigenvalue weighted by molar-refractivity contribution is 5.85. The Hall–Kier alpha value is -1.79. The minimum absolute atomic E-state index is 0.115. The molecule has 1 heterocycles. The van der Waals surface area contributed by atoms with Gasteiger partial charge >= 0.3 is 0 Å². The van der Waals surface area contributed by atoms with E-state index in [2.05, 4.69) is 6.58 Å². The Morgan fingerprint density at radius 2 is 2.10 bits per heavy atom. The van der Waals surface area contributed by atoms with Gasteiger partial charge in [-0.25, -0.2) is 4.39 Å². The predicted octanol–water partition coefficient (Wildman–Crippen LogP) is 0.884. The van der Waals surface area contributed by atoms with Crippen molar-refractivity contribution in [3.8, 4) is 0 Å². The molecule has 1 saturated heterocycles. The summed E-state index contributed by atoms with van der Waals surface area (Å²) in [4.78, 5) is 23.9. The number of hydrogen-bond donors (Lipinski definition) is 2. The molecule has 0 aromatic rings. The summed E-state index contributed by atoms with van der Waals surface area (Å²) >= 11 is 0. The summed E-state index contributed by atoms with van der Waals surface area (Å²) in [6.45, 7) is 5.77. The van der Waals surface area contributed by atoms with Crippen molar-refractivity contribution < 1.29 is 24.2 Å². The number of nitrogens with zero attached hydrogens (tertiary/aromatic N) is 1. The number of aliphatic hydroxyl groups excluding tert-OH is 2. The zero-order valence-corrected chi connectivity index (χ0v) is 11.9. The Balaban J connectivity index is 2.79. The van der Waals surface area contributed by atoms with Gasteiger partial charge in [0.05, 0.1) is 6.04 Å². The second kappa shape index (κ2) is 7.85. The van der Waals surface area contributed by atoms with Crippen molar-refractivity contribution in [1.82, 2.24) is 4.90 Å². The highest BCUT2D eigenvalue weighted by Crippen LogP contribution is 2.25. The Bertz CT molecular complexity index is 472. The van der Waals surface area contributed by atoms with Crippen LogP contribution in [0.15, 0.2) is 36.2 Å². The summed E-state index contributed by atoms with van der Waals surface area (Å²) in [5, 5.41) is 18.8. The van der Waals surface area contributed by atoms with Gasteiger partial charge in [-0.2, -0.15) is 0 Å². The SMILES string of the molecule is C=C(/C=C\C(F)=C/C)C1CCCN1C(=O)C(O)C(O)C=O. The monoisotopic (exact) mass is 297 g/mol. The lowest BCUT2D eigenvalue weighted by Crippen LogP contribution is -2.47. The Morgan fingerprint density at radius 3 is 2.67 bits per heavy atom. The molecule has 6 heteroatoms. The van der Waals surface area contributed by atoms with Crippen molar-refractivity contribution in [2.24, 2.45) is 0 Å². The van der Waals surface area contributed by atoms with E-state index in [0.29, 0.717) is 25.0 Å². The van der Waals surface area contributed by atoms with E-state index in [0.717, 1.165) is 0 Å². The summed E-state index contributed by atoms with van der Waals surface area (Å²) < 4.78 is 13.1.